The van der Waals surface area contributed by atoms with E-state index in [0.717, 1.165) is 32.1 Å². The average Bonchev–Trinajstić information content (AvgIpc) is 2.93. The largest absolute Gasteiger partial charge is 0.466 e. The molecule has 2 atom stereocenters. The van der Waals surface area contributed by atoms with E-state index >= 15 is 0 Å². The molecule has 0 bridgehead atoms. The van der Waals surface area contributed by atoms with Gasteiger partial charge in [0.1, 0.15) is 0 Å². The van der Waals surface area contributed by atoms with Crippen LogP contribution in [0.25, 0.3) is 0 Å². The van der Waals surface area contributed by atoms with E-state index in [1.807, 2.05) is 0 Å². The van der Waals surface area contributed by atoms with Crippen LogP contribution in [0.15, 0.2) is 0 Å². The van der Waals surface area contributed by atoms with Gasteiger partial charge in [-0.2, -0.15) is 0 Å². The van der Waals surface area contributed by atoms with E-state index in [1.165, 1.54) is 109 Å². The van der Waals surface area contributed by atoms with Crippen molar-refractivity contribution in [3.63, 3.8) is 0 Å². The zero-order chi connectivity index (χ0) is 30.6. The van der Waals surface area contributed by atoms with E-state index < -0.39 is 0 Å². The van der Waals surface area contributed by atoms with Gasteiger partial charge >= 0.3 is 11.9 Å². The molecule has 0 radical (unpaired) electrons. The summed E-state index contributed by atoms with van der Waals surface area (Å²) in [4.78, 5) is 24.9. The highest BCUT2D eigenvalue weighted by Gasteiger charge is 2.33. The summed E-state index contributed by atoms with van der Waals surface area (Å²) in [7, 11) is 0. The smallest absolute Gasteiger partial charge is 0.309 e. The molecule has 2 unspecified atom stereocenters. The molecule has 0 saturated heterocycles. The zero-order valence-corrected chi connectivity index (χ0v) is 28.6. The Morgan fingerprint density at radius 1 is 0.488 bits per heavy atom. The lowest BCUT2D eigenvalue weighted by atomic mass is 9.74. The van der Waals surface area contributed by atoms with Gasteiger partial charge in [-0.15, -0.1) is 0 Å². The minimum Gasteiger partial charge on any atom is -0.466 e. The van der Waals surface area contributed by atoms with E-state index in [1.54, 1.807) is 0 Å². The van der Waals surface area contributed by atoms with Crippen LogP contribution in [0.5, 0.6) is 0 Å². The van der Waals surface area contributed by atoms with Crippen molar-refractivity contribution in [2.45, 2.75) is 189 Å². The predicted molar refractivity (Wildman–Crippen MR) is 176 cm³/mol. The first-order valence-corrected chi connectivity index (χ1v) is 18.2. The molecule has 0 aromatic rings. The molecule has 0 N–H and O–H groups in total. The van der Waals surface area contributed by atoms with Crippen LogP contribution in [0.4, 0.5) is 0 Å². The van der Waals surface area contributed by atoms with Crippen molar-refractivity contribution >= 4 is 11.9 Å². The molecule has 0 aliphatic heterocycles. The van der Waals surface area contributed by atoms with Crippen LogP contribution in [0.2, 0.25) is 0 Å². The maximum Gasteiger partial charge on any atom is 0.309 e. The Balaban J connectivity index is 3.91. The molecule has 0 fully saturated rings. The van der Waals surface area contributed by atoms with Crippen LogP contribution in [0, 0.1) is 23.7 Å². The summed E-state index contributed by atoms with van der Waals surface area (Å²) < 4.78 is 11.2. The van der Waals surface area contributed by atoms with Gasteiger partial charge in [0.15, 0.2) is 0 Å². The van der Waals surface area contributed by atoms with Crippen LogP contribution in [0.3, 0.4) is 0 Å². The highest BCUT2D eigenvalue weighted by atomic mass is 16.5. The third-order valence-corrected chi connectivity index (χ3v) is 8.73. The van der Waals surface area contributed by atoms with E-state index in [-0.39, 0.29) is 17.9 Å². The second-order valence-electron chi connectivity index (χ2n) is 13.3. The molecule has 0 aromatic heterocycles. The van der Waals surface area contributed by atoms with Gasteiger partial charge in [0, 0.05) is 6.42 Å². The van der Waals surface area contributed by atoms with Crippen molar-refractivity contribution in [2.24, 2.45) is 23.7 Å². The summed E-state index contributed by atoms with van der Waals surface area (Å²) in [5, 5.41) is 0. The molecule has 41 heavy (non-hydrogen) atoms. The molecule has 0 heterocycles. The maximum absolute atomic E-state index is 13.0. The third-order valence-electron chi connectivity index (χ3n) is 8.73. The zero-order valence-electron chi connectivity index (χ0n) is 28.6. The molecule has 0 rings (SSSR count). The van der Waals surface area contributed by atoms with Gasteiger partial charge in [0.05, 0.1) is 19.1 Å². The third kappa shape index (κ3) is 24.1. The van der Waals surface area contributed by atoms with Gasteiger partial charge in [0.2, 0.25) is 0 Å². The molecule has 0 spiro atoms. The van der Waals surface area contributed by atoms with Gasteiger partial charge in [-0.05, 0) is 43.4 Å². The van der Waals surface area contributed by atoms with Gasteiger partial charge < -0.3 is 9.47 Å². The first-order valence-electron chi connectivity index (χ1n) is 18.2. The van der Waals surface area contributed by atoms with E-state index in [2.05, 4.69) is 41.5 Å². The minimum atomic E-state index is -0.0102. The maximum atomic E-state index is 13.0. The summed E-state index contributed by atoms with van der Waals surface area (Å²) >= 11 is 0. The number of carbonyl (C=O) groups excluding carboxylic acids is 2. The quantitative estimate of drug-likeness (QED) is 0.0626. The average molecular weight is 581 g/mol. The van der Waals surface area contributed by atoms with Crippen molar-refractivity contribution in [1.82, 2.24) is 0 Å². The Bertz CT molecular complexity index is 585. The molecular weight excluding hydrogens is 508 g/mol. The first kappa shape index (κ1) is 39.9. The standard InChI is InChI=1S/C37H72O4/c1-7-9-11-13-22-26-30-40-35(38)29-25-21-19-17-15-16-18-20-24-28-34(32(3)4)36(33(5)6)37(39)41-31-27-23-14-12-10-8-2/h32-34,36H,7-31H2,1-6H3. The van der Waals surface area contributed by atoms with E-state index in [4.69, 9.17) is 9.47 Å². The van der Waals surface area contributed by atoms with Crippen molar-refractivity contribution in [1.29, 1.82) is 0 Å². The Morgan fingerprint density at radius 3 is 1.37 bits per heavy atom. The van der Waals surface area contributed by atoms with Crippen LogP contribution in [-0.2, 0) is 19.1 Å². The predicted octanol–water partition coefficient (Wildman–Crippen LogP) is 11.6. The highest BCUT2D eigenvalue weighted by molar-refractivity contribution is 5.73. The summed E-state index contributed by atoms with van der Waals surface area (Å²) in [5.41, 5.74) is 0. The highest BCUT2D eigenvalue weighted by Crippen LogP contribution is 2.33. The van der Waals surface area contributed by atoms with Crippen molar-refractivity contribution in [2.75, 3.05) is 13.2 Å². The lowest BCUT2D eigenvalue weighted by Crippen LogP contribution is -2.33. The Kier molecular flexibility index (Phi) is 28.3. The SMILES string of the molecule is CCCCCCCCOC(=O)CCCCCCCCCCCC(C(C)C)C(C(=O)OCCCCCCCC)C(C)C. The second kappa shape index (κ2) is 29.0. The molecule has 0 aliphatic rings. The van der Waals surface area contributed by atoms with Gasteiger partial charge in [0.25, 0.3) is 0 Å². The Labute approximate surface area is 256 Å². The fourth-order valence-corrected chi connectivity index (χ4v) is 6.05. The number of hydrogen-bond donors (Lipinski definition) is 0. The number of ether oxygens (including phenoxy) is 2. The number of unbranched alkanes of at least 4 members (excludes halogenated alkanes) is 18. The second-order valence-corrected chi connectivity index (χ2v) is 13.3. The van der Waals surface area contributed by atoms with Gasteiger partial charge in [-0.3, -0.25) is 9.59 Å². The molecule has 0 aliphatic carbocycles. The van der Waals surface area contributed by atoms with Gasteiger partial charge in [-0.1, -0.05) is 157 Å². The monoisotopic (exact) mass is 581 g/mol. The number of carbonyl (C=O) groups is 2. The summed E-state index contributed by atoms with van der Waals surface area (Å²) in [5.74, 6) is 1.27. The fraction of sp³-hybridized carbons (Fsp3) is 0.946. The fourth-order valence-electron chi connectivity index (χ4n) is 6.05. The van der Waals surface area contributed by atoms with Crippen LogP contribution >= 0.6 is 0 Å². The lowest BCUT2D eigenvalue weighted by Gasteiger charge is -2.31. The summed E-state index contributed by atoms with van der Waals surface area (Å²) in [6, 6.07) is 0. The number of hydrogen-bond acceptors (Lipinski definition) is 4. The molecule has 0 aromatic carbocycles. The lowest BCUT2D eigenvalue weighted by molar-refractivity contribution is -0.153. The Hall–Kier alpha value is -1.06. The summed E-state index contributed by atoms with van der Waals surface area (Å²) in [6.07, 6.45) is 27.2. The molecular formula is C37H72O4. The van der Waals surface area contributed by atoms with Crippen LogP contribution in [-0.4, -0.2) is 25.2 Å². The van der Waals surface area contributed by atoms with Crippen LogP contribution in [0.1, 0.15) is 189 Å². The number of esters is 2. The van der Waals surface area contributed by atoms with Crippen molar-refractivity contribution in [3.05, 3.63) is 0 Å². The molecule has 4 heteroatoms. The van der Waals surface area contributed by atoms with Gasteiger partial charge in [-0.25, -0.2) is 0 Å². The molecule has 0 amide bonds. The molecule has 244 valence electrons. The van der Waals surface area contributed by atoms with Crippen molar-refractivity contribution < 1.29 is 19.1 Å². The van der Waals surface area contributed by atoms with Crippen molar-refractivity contribution in [3.8, 4) is 0 Å². The minimum absolute atomic E-state index is 0.0102. The number of rotatable bonds is 30. The topological polar surface area (TPSA) is 52.6 Å². The summed E-state index contributed by atoms with van der Waals surface area (Å²) in [6.45, 7) is 14.6. The van der Waals surface area contributed by atoms with E-state index in [9.17, 15) is 9.59 Å². The molecule has 0 saturated carbocycles. The molecule has 4 nitrogen and oxygen atoms in total. The normalized spacial score (nSPS) is 13.1. The first-order chi connectivity index (χ1) is 19.8. The van der Waals surface area contributed by atoms with E-state index in [0.29, 0.717) is 37.4 Å². The Morgan fingerprint density at radius 2 is 0.902 bits per heavy atom. The van der Waals surface area contributed by atoms with Crippen LogP contribution < -0.4 is 0 Å².